The number of halogens is 1. The third-order valence-electron chi connectivity index (χ3n) is 4.99. The predicted octanol–water partition coefficient (Wildman–Crippen LogP) is 4.15. The van der Waals surface area contributed by atoms with E-state index in [0.29, 0.717) is 17.2 Å². The van der Waals surface area contributed by atoms with E-state index in [1.165, 1.54) is 12.1 Å². The lowest BCUT2D eigenvalue weighted by molar-refractivity contribution is -0.118. The van der Waals surface area contributed by atoms with Gasteiger partial charge in [-0.15, -0.1) is 0 Å². The molecular formula is C22H25FN2O3. The Morgan fingerprint density at radius 3 is 2.46 bits per heavy atom. The van der Waals surface area contributed by atoms with E-state index in [2.05, 4.69) is 17.6 Å². The van der Waals surface area contributed by atoms with Crippen LogP contribution in [0.2, 0.25) is 0 Å². The van der Waals surface area contributed by atoms with Gasteiger partial charge < -0.3 is 15.4 Å². The fourth-order valence-corrected chi connectivity index (χ4v) is 3.34. The van der Waals surface area contributed by atoms with Crippen LogP contribution < -0.4 is 15.4 Å². The molecule has 0 bridgehead atoms. The zero-order chi connectivity index (χ0) is 19.9. The molecule has 0 unspecified atom stereocenters. The highest BCUT2D eigenvalue weighted by atomic mass is 19.1. The Kier molecular flexibility index (Phi) is 6.63. The molecular weight excluding hydrogens is 359 g/mol. The molecule has 0 heterocycles. The van der Waals surface area contributed by atoms with Crippen molar-refractivity contribution in [1.29, 1.82) is 0 Å². The van der Waals surface area contributed by atoms with E-state index in [1.54, 1.807) is 36.4 Å². The van der Waals surface area contributed by atoms with Gasteiger partial charge in [-0.3, -0.25) is 9.59 Å². The van der Waals surface area contributed by atoms with Crippen LogP contribution in [0.3, 0.4) is 0 Å². The second-order valence-corrected chi connectivity index (χ2v) is 7.24. The summed E-state index contributed by atoms with van der Waals surface area (Å²) in [7, 11) is 0. The molecule has 0 saturated heterocycles. The number of anilines is 1. The molecule has 6 heteroatoms. The summed E-state index contributed by atoms with van der Waals surface area (Å²) < 4.78 is 19.2. The second-order valence-electron chi connectivity index (χ2n) is 7.24. The fourth-order valence-electron chi connectivity index (χ4n) is 3.34. The van der Waals surface area contributed by atoms with Crippen molar-refractivity contribution in [3.8, 4) is 5.75 Å². The Morgan fingerprint density at radius 1 is 1.04 bits per heavy atom. The number of para-hydroxylation sites is 2. The second kappa shape index (κ2) is 9.35. The molecule has 1 fully saturated rings. The molecule has 2 N–H and O–H groups in total. The van der Waals surface area contributed by atoms with Crippen molar-refractivity contribution in [3.63, 3.8) is 0 Å². The quantitative estimate of drug-likeness (QED) is 0.786. The van der Waals surface area contributed by atoms with Gasteiger partial charge in [-0.05, 0) is 55.9 Å². The molecule has 0 aliphatic heterocycles. The summed E-state index contributed by atoms with van der Waals surface area (Å²) in [5, 5.41) is 5.52. The lowest BCUT2D eigenvalue weighted by atomic mass is 9.87. The van der Waals surface area contributed by atoms with Crippen molar-refractivity contribution in [2.45, 2.75) is 38.6 Å². The van der Waals surface area contributed by atoms with Gasteiger partial charge in [0, 0.05) is 6.04 Å². The molecule has 1 saturated carbocycles. The van der Waals surface area contributed by atoms with Gasteiger partial charge in [-0.2, -0.15) is 0 Å². The van der Waals surface area contributed by atoms with Gasteiger partial charge in [-0.25, -0.2) is 4.39 Å². The molecule has 148 valence electrons. The van der Waals surface area contributed by atoms with Crippen molar-refractivity contribution in [1.82, 2.24) is 5.32 Å². The van der Waals surface area contributed by atoms with Gasteiger partial charge in [0.25, 0.3) is 11.8 Å². The Labute approximate surface area is 164 Å². The molecule has 0 atom stereocenters. The molecule has 3 rings (SSSR count). The monoisotopic (exact) mass is 384 g/mol. The summed E-state index contributed by atoms with van der Waals surface area (Å²) in [6.07, 6.45) is 4.17. The summed E-state index contributed by atoms with van der Waals surface area (Å²) in [6.45, 7) is 1.91. The van der Waals surface area contributed by atoms with Gasteiger partial charge in [0.1, 0.15) is 11.6 Å². The predicted molar refractivity (Wildman–Crippen MR) is 106 cm³/mol. The summed E-state index contributed by atoms with van der Waals surface area (Å²) in [5.41, 5.74) is 0.480. The largest absolute Gasteiger partial charge is 0.483 e. The number of ether oxygens (including phenoxy) is 1. The van der Waals surface area contributed by atoms with Crippen LogP contribution in [0.15, 0.2) is 48.5 Å². The molecule has 2 amide bonds. The lowest BCUT2D eigenvalue weighted by Crippen LogP contribution is -2.37. The first-order chi connectivity index (χ1) is 13.5. The third kappa shape index (κ3) is 5.31. The Morgan fingerprint density at radius 2 is 1.71 bits per heavy atom. The number of benzene rings is 2. The summed E-state index contributed by atoms with van der Waals surface area (Å²) in [4.78, 5) is 24.7. The molecule has 0 radical (unpaired) electrons. The molecule has 0 spiro atoms. The van der Waals surface area contributed by atoms with Crippen LogP contribution in [-0.4, -0.2) is 24.5 Å². The fraction of sp³-hybridized carbons (Fsp3) is 0.364. The van der Waals surface area contributed by atoms with Gasteiger partial charge >= 0.3 is 0 Å². The highest BCUT2D eigenvalue weighted by Crippen LogP contribution is 2.25. The molecule has 1 aliphatic rings. The summed E-state index contributed by atoms with van der Waals surface area (Å²) in [5.74, 6) is -0.187. The number of nitrogens with one attached hydrogen (secondary N) is 2. The highest BCUT2D eigenvalue weighted by Gasteiger charge is 2.22. The molecule has 0 aromatic heterocycles. The van der Waals surface area contributed by atoms with E-state index >= 15 is 0 Å². The van der Waals surface area contributed by atoms with Crippen LogP contribution in [0.5, 0.6) is 5.75 Å². The maximum absolute atomic E-state index is 13.6. The third-order valence-corrected chi connectivity index (χ3v) is 4.99. The van der Waals surface area contributed by atoms with Crippen molar-refractivity contribution < 1.29 is 18.7 Å². The minimum absolute atomic E-state index is 0.0913. The Hall–Kier alpha value is -2.89. The maximum Gasteiger partial charge on any atom is 0.262 e. The van der Waals surface area contributed by atoms with Gasteiger partial charge in [0.2, 0.25) is 0 Å². The number of hydrogen-bond acceptors (Lipinski definition) is 3. The normalized spacial score (nSPS) is 18.9. The summed E-state index contributed by atoms with van der Waals surface area (Å²) in [6, 6.07) is 12.9. The van der Waals surface area contributed by atoms with Crippen LogP contribution >= 0.6 is 0 Å². The van der Waals surface area contributed by atoms with Gasteiger partial charge in [-0.1, -0.05) is 31.2 Å². The van der Waals surface area contributed by atoms with E-state index in [1.807, 2.05) is 0 Å². The zero-order valence-electron chi connectivity index (χ0n) is 15.9. The van der Waals surface area contributed by atoms with Crippen molar-refractivity contribution in [2.24, 2.45) is 5.92 Å². The summed E-state index contributed by atoms with van der Waals surface area (Å²) >= 11 is 0. The van der Waals surface area contributed by atoms with Crippen molar-refractivity contribution >= 4 is 17.5 Å². The number of amides is 2. The minimum Gasteiger partial charge on any atom is -0.483 e. The number of rotatable bonds is 6. The van der Waals surface area contributed by atoms with E-state index < -0.39 is 11.7 Å². The molecule has 2 aromatic carbocycles. The molecule has 1 aliphatic carbocycles. The van der Waals surface area contributed by atoms with Crippen LogP contribution in [0.4, 0.5) is 10.1 Å². The first kappa shape index (κ1) is 19.9. The van der Waals surface area contributed by atoms with Crippen LogP contribution in [-0.2, 0) is 4.79 Å². The smallest absolute Gasteiger partial charge is 0.262 e. The van der Waals surface area contributed by atoms with Crippen LogP contribution in [0.25, 0.3) is 0 Å². The van der Waals surface area contributed by atoms with Gasteiger partial charge in [0.05, 0.1) is 11.3 Å². The zero-order valence-corrected chi connectivity index (χ0v) is 15.9. The molecule has 5 nitrogen and oxygen atoms in total. The molecule has 28 heavy (non-hydrogen) atoms. The average molecular weight is 384 g/mol. The van der Waals surface area contributed by atoms with Crippen LogP contribution in [0.1, 0.15) is 43.0 Å². The van der Waals surface area contributed by atoms with E-state index in [9.17, 15) is 14.0 Å². The average Bonchev–Trinajstić information content (AvgIpc) is 2.70. The first-order valence-corrected chi connectivity index (χ1v) is 9.60. The Bertz CT molecular complexity index is 832. The SMILES string of the molecule is CC1CCC(NC(=O)c2ccccc2OCC(=O)Nc2ccccc2F)CC1. The van der Waals surface area contributed by atoms with Crippen LogP contribution in [0, 0.1) is 11.7 Å². The standard InChI is InChI=1S/C22H25FN2O3/c1-15-10-12-16(13-11-15)24-22(27)17-6-2-5-9-20(17)28-14-21(26)25-19-8-4-3-7-18(19)23/h2-9,15-16H,10-14H2,1H3,(H,24,27)(H,25,26). The van der Waals surface area contributed by atoms with Crippen molar-refractivity contribution in [2.75, 3.05) is 11.9 Å². The lowest BCUT2D eigenvalue weighted by Gasteiger charge is -2.27. The maximum atomic E-state index is 13.6. The van der Waals surface area contributed by atoms with E-state index in [4.69, 9.17) is 4.74 Å². The van der Waals surface area contributed by atoms with Crippen molar-refractivity contribution in [3.05, 3.63) is 59.9 Å². The highest BCUT2D eigenvalue weighted by molar-refractivity contribution is 5.97. The van der Waals surface area contributed by atoms with E-state index in [-0.39, 0.29) is 24.2 Å². The van der Waals surface area contributed by atoms with E-state index in [0.717, 1.165) is 25.7 Å². The number of carbonyl (C=O) groups is 2. The molecule has 2 aromatic rings. The van der Waals surface area contributed by atoms with Gasteiger partial charge in [0.15, 0.2) is 6.61 Å². The number of hydrogen-bond donors (Lipinski definition) is 2. The minimum atomic E-state index is -0.516. The first-order valence-electron chi connectivity index (χ1n) is 9.60. The Balaban J connectivity index is 1.58. The number of carbonyl (C=O) groups excluding carboxylic acids is 2. The topological polar surface area (TPSA) is 67.4 Å².